The number of anilines is 1. The van der Waals surface area contributed by atoms with Gasteiger partial charge in [0.2, 0.25) is 5.89 Å². The van der Waals surface area contributed by atoms with Gasteiger partial charge < -0.3 is 14.2 Å². The van der Waals surface area contributed by atoms with Gasteiger partial charge in [-0.1, -0.05) is 35.3 Å². The Morgan fingerprint density at radius 2 is 1.75 bits per heavy atom. The molecule has 32 heavy (non-hydrogen) atoms. The normalized spacial score (nSPS) is 11.1. The van der Waals surface area contributed by atoms with E-state index in [9.17, 15) is 4.79 Å². The van der Waals surface area contributed by atoms with Crippen LogP contribution in [0.2, 0.25) is 10.0 Å². The van der Waals surface area contributed by atoms with E-state index in [0.717, 1.165) is 11.1 Å². The summed E-state index contributed by atoms with van der Waals surface area (Å²) in [5.41, 5.74) is 3.91. The Labute approximate surface area is 192 Å². The number of benzene rings is 2. The van der Waals surface area contributed by atoms with Gasteiger partial charge in [0.15, 0.2) is 17.0 Å². The Morgan fingerprint density at radius 1 is 0.938 bits per heavy atom. The number of fused-ring (bicyclic) bond motifs is 1. The van der Waals surface area contributed by atoms with Gasteiger partial charge in [-0.2, -0.15) is 4.98 Å². The van der Waals surface area contributed by atoms with Crippen LogP contribution in [0.5, 0.6) is 0 Å². The quantitative estimate of drug-likeness (QED) is 0.309. The third kappa shape index (κ3) is 3.64. The molecule has 6 nitrogen and oxygen atoms in total. The Balaban J connectivity index is 1.42. The molecular weight excluding hydrogens is 449 g/mol. The number of hydrogen-bond acceptors (Lipinski definition) is 5. The van der Waals surface area contributed by atoms with Gasteiger partial charge in [0, 0.05) is 23.0 Å². The van der Waals surface area contributed by atoms with Crippen molar-refractivity contribution in [1.82, 2.24) is 9.97 Å². The number of nitrogens with one attached hydrogen (secondary N) is 1. The molecule has 0 radical (unpaired) electrons. The molecule has 0 aliphatic carbocycles. The molecule has 0 fully saturated rings. The molecule has 158 valence electrons. The zero-order chi connectivity index (χ0) is 22.2. The fraction of sp³-hybridized carbons (Fsp3) is 0.0417. The summed E-state index contributed by atoms with van der Waals surface area (Å²) >= 11 is 12.3. The average Bonchev–Trinajstić information content (AvgIpc) is 3.44. The van der Waals surface area contributed by atoms with Gasteiger partial charge in [-0.05, 0) is 61.0 Å². The molecule has 5 rings (SSSR count). The summed E-state index contributed by atoms with van der Waals surface area (Å²) in [7, 11) is 0. The van der Waals surface area contributed by atoms with Gasteiger partial charge in [0.1, 0.15) is 5.76 Å². The first-order chi connectivity index (χ1) is 15.5. The maximum Gasteiger partial charge on any atom is 0.291 e. The molecule has 0 aliphatic rings. The third-order valence-corrected chi connectivity index (χ3v) is 5.84. The predicted molar refractivity (Wildman–Crippen MR) is 124 cm³/mol. The van der Waals surface area contributed by atoms with Crippen LogP contribution in [0, 0.1) is 6.92 Å². The highest BCUT2D eigenvalue weighted by Crippen LogP contribution is 2.35. The van der Waals surface area contributed by atoms with Crippen LogP contribution >= 0.6 is 23.2 Å². The number of hydrogen-bond donors (Lipinski definition) is 1. The number of aromatic nitrogens is 2. The zero-order valence-electron chi connectivity index (χ0n) is 16.7. The molecule has 3 heterocycles. The van der Waals surface area contributed by atoms with Gasteiger partial charge in [0.25, 0.3) is 5.91 Å². The number of furan rings is 1. The van der Waals surface area contributed by atoms with Crippen LogP contribution < -0.4 is 5.32 Å². The van der Waals surface area contributed by atoms with Crippen LogP contribution in [-0.4, -0.2) is 15.9 Å². The van der Waals surface area contributed by atoms with E-state index in [0.29, 0.717) is 44.2 Å². The summed E-state index contributed by atoms with van der Waals surface area (Å²) < 4.78 is 11.6. The summed E-state index contributed by atoms with van der Waals surface area (Å²) in [6, 6.07) is 17.6. The van der Waals surface area contributed by atoms with Crippen LogP contribution in [0.4, 0.5) is 5.69 Å². The molecule has 0 saturated heterocycles. The summed E-state index contributed by atoms with van der Waals surface area (Å²) in [5, 5.41) is 3.66. The molecule has 2 aromatic carbocycles. The molecule has 1 N–H and O–H groups in total. The Morgan fingerprint density at radius 3 is 2.59 bits per heavy atom. The molecule has 0 atom stereocenters. The van der Waals surface area contributed by atoms with Crippen molar-refractivity contribution in [2.75, 3.05) is 5.32 Å². The summed E-state index contributed by atoms with van der Waals surface area (Å²) in [4.78, 5) is 21.5. The second kappa shape index (κ2) is 8.15. The number of amides is 1. The van der Waals surface area contributed by atoms with Crippen molar-refractivity contribution in [3.8, 4) is 22.8 Å². The Hall–Kier alpha value is -3.61. The van der Waals surface area contributed by atoms with Crippen molar-refractivity contribution in [2.24, 2.45) is 0 Å². The van der Waals surface area contributed by atoms with Crippen molar-refractivity contribution in [3.63, 3.8) is 0 Å². The smallest absolute Gasteiger partial charge is 0.291 e. The van der Waals surface area contributed by atoms with Crippen LogP contribution in [0.3, 0.4) is 0 Å². The third-order valence-electron chi connectivity index (χ3n) is 5.02. The molecular formula is C24H15Cl2N3O3. The van der Waals surface area contributed by atoms with E-state index in [2.05, 4.69) is 15.3 Å². The topological polar surface area (TPSA) is 81.2 Å². The highest BCUT2D eigenvalue weighted by Gasteiger charge is 2.18. The molecule has 5 aromatic rings. The van der Waals surface area contributed by atoms with E-state index in [4.69, 9.17) is 32.0 Å². The van der Waals surface area contributed by atoms with Gasteiger partial charge >= 0.3 is 0 Å². The highest BCUT2D eigenvalue weighted by molar-refractivity contribution is 6.43. The summed E-state index contributed by atoms with van der Waals surface area (Å²) in [6.07, 6.45) is 1.66. The lowest BCUT2D eigenvalue weighted by Gasteiger charge is -2.10. The minimum atomic E-state index is -0.395. The van der Waals surface area contributed by atoms with Crippen molar-refractivity contribution in [3.05, 3.63) is 88.2 Å². The van der Waals surface area contributed by atoms with E-state index < -0.39 is 5.91 Å². The fourth-order valence-electron chi connectivity index (χ4n) is 3.37. The van der Waals surface area contributed by atoms with Gasteiger partial charge in [0.05, 0.1) is 10.0 Å². The molecule has 0 saturated carbocycles. The minimum absolute atomic E-state index is 0.145. The molecule has 0 unspecified atom stereocenters. The summed E-state index contributed by atoms with van der Waals surface area (Å²) in [5.74, 6) is 0.635. The maximum absolute atomic E-state index is 12.8. The largest absolute Gasteiger partial charge is 0.451 e. The molecule has 3 aromatic heterocycles. The van der Waals surface area contributed by atoms with E-state index in [1.54, 1.807) is 54.7 Å². The Bertz CT molecular complexity index is 1440. The van der Waals surface area contributed by atoms with Crippen LogP contribution in [-0.2, 0) is 0 Å². The van der Waals surface area contributed by atoms with E-state index in [1.165, 1.54) is 0 Å². The SMILES string of the molecule is Cc1c(NC(=O)c2ccc(-c3cccc(Cl)c3Cl)o2)cccc1-c1nc2ncccc2o1. The molecule has 1 amide bonds. The number of halogens is 2. The standard InChI is InChI=1S/C24H15Cl2N3O3/c1-13-14(24-29-22-19(32-24)9-4-12-27-22)5-3-8-17(13)28-23(30)20-11-10-18(31-20)15-6-2-7-16(25)21(15)26/h2-12H,1H3,(H,28,30). The van der Waals surface area contributed by atoms with Crippen LogP contribution in [0.15, 0.2) is 75.7 Å². The predicted octanol–water partition coefficient (Wildman–Crippen LogP) is 7.02. The van der Waals surface area contributed by atoms with Crippen molar-refractivity contribution in [2.45, 2.75) is 6.92 Å². The first-order valence-electron chi connectivity index (χ1n) is 9.68. The maximum atomic E-state index is 12.8. The van der Waals surface area contributed by atoms with E-state index in [-0.39, 0.29) is 5.76 Å². The molecule has 8 heteroatoms. The average molecular weight is 464 g/mol. The zero-order valence-corrected chi connectivity index (χ0v) is 18.2. The molecule has 0 aliphatic heterocycles. The van der Waals surface area contributed by atoms with E-state index in [1.807, 2.05) is 19.1 Å². The highest BCUT2D eigenvalue weighted by atomic mass is 35.5. The first kappa shape index (κ1) is 20.3. The lowest BCUT2D eigenvalue weighted by molar-refractivity contribution is 0.0997. The first-order valence-corrected chi connectivity index (χ1v) is 10.4. The number of carbonyl (C=O) groups is 1. The minimum Gasteiger partial charge on any atom is -0.451 e. The lowest BCUT2D eigenvalue weighted by atomic mass is 10.1. The molecule has 0 bridgehead atoms. The Kier molecular flexibility index (Phi) is 5.17. The van der Waals surface area contributed by atoms with Crippen molar-refractivity contribution < 1.29 is 13.6 Å². The van der Waals surface area contributed by atoms with Gasteiger partial charge in [-0.15, -0.1) is 0 Å². The van der Waals surface area contributed by atoms with Crippen LogP contribution in [0.25, 0.3) is 34.0 Å². The summed E-state index contributed by atoms with van der Waals surface area (Å²) in [6.45, 7) is 1.88. The number of oxazole rings is 1. The monoisotopic (exact) mass is 463 g/mol. The second-order valence-corrected chi connectivity index (χ2v) is 7.83. The number of carbonyl (C=O) groups excluding carboxylic acids is 1. The van der Waals surface area contributed by atoms with Crippen LogP contribution in [0.1, 0.15) is 16.1 Å². The number of rotatable bonds is 4. The van der Waals surface area contributed by atoms with Gasteiger partial charge in [-0.25, -0.2) is 4.98 Å². The number of pyridine rings is 1. The second-order valence-electron chi connectivity index (χ2n) is 7.04. The van der Waals surface area contributed by atoms with E-state index >= 15 is 0 Å². The lowest BCUT2D eigenvalue weighted by Crippen LogP contribution is -2.12. The molecule has 0 spiro atoms. The van der Waals surface area contributed by atoms with Crippen molar-refractivity contribution in [1.29, 1.82) is 0 Å². The van der Waals surface area contributed by atoms with Gasteiger partial charge in [-0.3, -0.25) is 4.79 Å². The fourth-order valence-corrected chi connectivity index (χ4v) is 3.76. The van der Waals surface area contributed by atoms with Crippen molar-refractivity contribution >= 4 is 46.0 Å². The number of nitrogens with zero attached hydrogens (tertiary/aromatic N) is 2.